The highest BCUT2D eigenvalue weighted by molar-refractivity contribution is 5.91. The Morgan fingerprint density at radius 2 is 1.97 bits per heavy atom. The second-order valence-electron chi connectivity index (χ2n) is 9.10. The molecule has 2 aromatic heterocycles. The van der Waals surface area contributed by atoms with Crippen LogP contribution in [-0.2, 0) is 6.42 Å². The first-order valence-corrected chi connectivity index (χ1v) is 10.9. The summed E-state index contributed by atoms with van der Waals surface area (Å²) < 4.78 is 7.04. The van der Waals surface area contributed by atoms with Gasteiger partial charge in [-0.2, -0.15) is 0 Å². The molecule has 5 rings (SSSR count). The summed E-state index contributed by atoms with van der Waals surface area (Å²) >= 11 is 0. The van der Waals surface area contributed by atoms with E-state index in [1.54, 1.807) is 0 Å². The van der Waals surface area contributed by atoms with E-state index in [1.807, 2.05) is 15.8 Å². The minimum Gasteiger partial charge on any atom is -0.438 e. The van der Waals surface area contributed by atoms with Crippen molar-refractivity contribution in [1.82, 2.24) is 24.9 Å². The van der Waals surface area contributed by atoms with Gasteiger partial charge in [0.2, 0.25) is 5.76 Å². The lowest BCUT2D eigenvalue weighted by Crippen LogP contribution is -2.36. The predicted octanol–water partition coefficient (Wildman–Crippen LogP) is 2.47. The van der Waals surface area contributed by atoms with Crippen LogP contribution >= 0.6 is 0 Å². The monoisotopic (exact) mass is 399 g/mol. The van der Waals surface area contributed by atoms with Gasteiger partial charge in [-0.3, -0.25) is 4.79 Å². The van der Waals surface area contributed by atoms with Gasteiger partial charge in [-0.25, -0.2) is 9.67 Å². The van der Waals surface area contributed by atoms with Crippen LogP contribution < -0.4 is 0 Å². The van der Waals surface area contributed by atoms with Gasteiger partial charge >= 0.3 is 0 Å². The van der Waals surface area contributed by atoms with E-state index in [1.165, 1.54) is 44.7 Å². The largest absolute Gasteiger partial charge is 0.438 e. The molecule has 1 amide bonds. The van der Waals surface area contributed by atoms with Crippen molar-refractivity contribution in [3.8, 4) is 0 Å². The van der Waals surface area contributed by atoms with Crippen LogP contribution in [0.3, 0.4) is 0 Å². The number of aromatic nitrogens is 4. The van der Waals surface area contributed by atoms with Gasteiger partial charge in [-0.15, -0.1) is 5.10 Å². The topological polar surface area (TPSA) is 97.3 Å². The number of nitrogens with zero attached hydrogens (tertiary/aromatic N) is 5. The quantitative estimate of drug-likeness (QED) is 0.848. The fourth-order valence-electron chi connectivity index (χ4n) is 5.59. The van der Waals surface area contributed by atoms with E-state index in [0.29, 0.717) is 31.3 Å². The third-order valence-corrected chi connectivity index (χ3v) is 7.16. The second-order valence-corrected chi connectivity index (χ2v) is 9.10. The summed E-state index contributed by atoms with van der Waals surface area (Å²) in [5, 5.41) is 19.6. The lowest BCUT2D eigenvalue weighted by molar-refractivity contribution is 0.0298. The van der Waals surface area contributed by atoms with Crippen LogP contribution in [0.4, 0.5) is 0 Å². The molecule has 3 heterocycles. The van der Waals surface area contributed by atoms with Gasteiger partial charge in [-0.05, 0) is 37.0 Å². The summed E-state index contributed by atoms with van der Waals surface area (Å²) in [5.74, 6) is 1.57. The van der Waals surface area contributed by atoms with Crippen molar-refractivity contribution >= 4 is 5.91 Å². The molecule has 0 radical (unpaired) electrons. The number of amides is 1. The van der Waals surface area contributed by atoms with Gasteiger partial charge in [0.15, 0.2) is 6.39 Å². The molecule has 4 atom stereocenters. The van der Waals surface area contributed by atoms with Gasteiger partial charge < -0.3 is 14.4 Å². The van der Waals surface area contributed by atoms with E-state index in [-0.39, 0.29) is 17.7 Å². The van der Waals surface area contributed by atoms with Gasteiger partial charge in [-0.1, -0.05) is 37.3 Å². The average molecular weight is 399 g/mol. The summed E-state index contributed by atoms with van der Waals surface area (Å²) in [4.78, 5) is 18.3. The molecule has 0 unspecified atom stereocenters. The zero-order chi connectivity index (χ0) is 19.8. The highest BCUT2D eigenvalue weighted by Crippen LogP contribution is 2.41. The molecule has 1 aliphatic heterocycles. The van der Waals surface area contributed by atoms with Crippen LogP contribution in [0.2, 0.25) is 0 Å². The van der Waals surface area contributed by atoms with E-state index in [0.717, 1.165) is 24.5 Å². The molecule has 8 nitrogen and oxygen atoms in total. The molecule has 3 fully saturated rings. The van der Waals surface area contributed by atoms with Gasteiger partial charge in [0.1, 0.15) is 0 Å². The van der Waals surface area contributed by atoms with Crippen LogP contribution in [0, 0.1) is 17.8 Å². The molecule has 2 aliphatic carbocycles. The number of aliphatic hydroxyl groups is 1. The normalized spacial score (nSPS) is 30.4. The minimum absolute atomic E-state index is 0.0656. The van der Waals surface area contributed by atoms with E-state index in [2.05, 4.69) is 15.3 Å². The van der Waals surface area contributed by atoms with E-state index in [4.69, 9.17) is 4.42 Å². The van der Waals surface area contributed by atoms with Crippen molar-refractivity contribution in [2.24, 2.45) is 17.8 Å². The molecule has 0 aromatic carbocycles. The first-order valence-electron chi connectivity index (χ1n) is 10.9. The zero-order valence-electron chi connectivity index (χ0n) is 16.7. The Kier molecular flexibility index (Phi) is 5.11. The molecule has 29 heavy (non-hydrogen) atoms. The van der Waals surface area contributed by atoms with Crippen LogP contribution in [0.25, 0.3) is 0 Å². The molecule has 0 bridgehead atoms. The standard InChI is InChI=1S/C21H29N5O3/c27-19-8-16-11-25(21(28)20-9-22-13-29-20)10-15(16)7-18(19)26-12-17(23-24-26)6-14-4-2-1-3-5-14/h9,12-16,18-19,27H,1-8,10-11H2/t15-,16+,18-,19-/m1/s1. The smallest absolute Gasteiger partial charge is 0.291 e. The number of oxazole rings is 1. The van der Waals surface area contributed by atoms with Crippen molar-refractivity contribution < 1.29 is 14.3 Å². The Morgan fingerprint density at radius 3 is 2.72 bits per heavy atom. The Balaban J connectivity index is 1.23. The number of hydrogen-bond acceptors (Lipinski definition) is 6. The third-order valence-electron chi connectivity index (χ3n) is 7.16. The van der Waals surface area contributed by atoms with Gasteiger partial charge in [0.25, 0.3) is 5.91 Å². The number of hydrogen-bond donors (Lipinski definition) is 1. The fraction of sp³-hybridized carbons (Fsp3) is 0.714. The van der Waals surface area contributed by atoms with Crippen molar-refractivity contribution in [3.05, 3.63) is 30.2 Å². The average Bonchev–Trinajstić information content (AvgIpc) is 3.48. The molecule has 1 N–H and O–H groups in total. The van der Waals surface area contributed by atoms with Crippen LogP contribution in [0.1, 0.15) is 67.2 Å². The Hall–Kier alpha value is -2.22. The molecule has 0 spiro atoms. The molecule has 1 saturated heterocycles. The van der Waals surface area contributed by atoms with Crippen LogP contribution in [0.5, 0.6) is 0 Å². The van der Waals surface area contributed by atoms with Crippen LogP contribution in [-0.4, -0.2) is 55.1 Å². The predicted molar refractivity (Wildman–Crippen MR) is 104 cm³/mol. The summed E-state index contributed by atoms with van der Waals surface area (Å²) in [6.07, 6.45) is 13.4. The number of carbonyl (C=O) groups is 1. The lowest BCUT2D eigenvalue weighted by Gasteiger charge is -2.34. The molecule has 2 saturated carbocycles. The lowest BCUT2D eigenvalue weighted by atomic mass is 9.77. The summed E-state index contributed by atoms with van der Waals surface area (Å²) in [7, 11) is 0. The van der Waals surface area contributed by atoms with E-state index >= 15 is 0 Å². The highest BCUT2D eigenvalue weighted by atomic mass is 16.3. The van der Waals surface area contributed by atoms with E-state index < -0.39 is 6.10 Å². The van der Waals surface area contributed by atoms with Crippen molar-refractivity contribution in [3.63, 3.8) is 0 Å². The first kappa shape index (κ1) is 18.8. The fourth-order valence-corrected chi connectivity index (χ4v) is 5.59. The number of carbonyl (C=O) groups excluding carboxylic acids is 1. The zero-order valence-corrected chi connectivity index (χ0v) is 16.7. The Morgan fingerprint density at radius 1 is 1.17 bits per heavy atom. The molecule has 156 valence electrons. The minimum atomic E-state index is -0.458. The Labute approximate surface area is 170 Å². The van der Waals surface area contributed by atoms with Crippen molar-refractivity contribution in [1.29, 1.82) is 0 Å². The van der Waals surface area contributed by atoms with Gasteiger partial charge in [0, 0.05) is 19.3 Å². The number of rotatable bonds is 4. The number of fused-ring (bicyclic) bond motifs is 1. The van der Waals surface area contributed by atoms with Crippen LogP contribution in [0.15, 0.2) is 23.2 Å². The SMILES string of the molecule is O=C(c1cnco1)N1C[C@H]2C[C@@H](n3cc(CC4CCCCC4)nn3)[C@H](O)C[C@H]2C1. The van der Waals surface area contributed by atoms with Crippen molar-refractivity contribution in [2.75, 3.05) is 13.1 Å². The highest BCUT2D eigenvalue weighted by Gasteiger charge is 2.44. The third kappa shape index (κ3) is 3.82. The summed E-state index contributed by atoms with van der Waals surface area (Å²) in [6.45, 7) is 1.36. The van der Waals surface area contributed by atoms with Gasteiger partial charge in [0.05, 0.1) is 24.0 Å². The molecule has 2 aromatic rings. The maximum Gasteiger partial charge on any atom is 0.291 e. The number of aliphatic hydroxyl groups excluding tert-OH is 1. The maximum absolute atomic E-state index is 12.6. The summed E-state index contributed by atoms with van der Waals surface area (Å²) in [5.41, 5.74) is 1.04. The summed E-state index contributed by atoms with van der Waals surface area (Å²) in [6, 6.07) is -0.0656. The number of likely N-dealkylation sites (tertiary alicyclic amines) is 1. The van der Waals surface area contributed by atoms with E-state index in [9.17, 15) is 9.90 Å². The maximum atomic E-state index is 12.6. The molecule has 3 aliphatic rings. The van der Waals surface area contributed by atoms with Crippen molar-refractivity contribution in [2.45, 2.75) is 63.5 Å². The first-order chi connectivity index (χ1) is 14.2. The second kappa shape index (κ2) is 7.89. The molecule has 8 heteroatoms. The molecular weight excluding hydrogens is 370 g/mol. The molecular formula is C21H29N5O3. The Bertz CT molecular complexity index is 829.